The zero-order valence-corrected chi connectivity index (χ0v) is 12.1. The van der Waals surface area contributed by atoms with Crippen LogP contribution in [0.3, 0.4) is 0 Å². The lowest BCUT2D eigenvalue weighted by Crippen LogP contribution is -2.58. The van der Waals surface area contributed by atoms with Crippen LogP contribution < -0.4 is 11.5 Å². The van der Waals surface area contributed by atoms with E-state index in [1.807, 2.05) is 54.6 Å². The first-order valence-corrected chi connectivity index (χ1v) is 7.19. The van der Waals surface area contributed by atoms with Crippen LogP contribution in [0.5, 0.6) is 0 Å². The predicted octanol–water partition coefficient (Wildman–Crippen LogP) is 2.50. The smallest absolute Gasteiger partial charge is 0.145 e. The first-order valence-electron chi connectivity index (χ1n) is 7.19. The minimum Gasteiger partial charge on any atom is -0.323 e. The minimum atomic E-state index is -0.939. The number of halogens is 1. The second-order valence-electron chi connectivity index (χ2n) is 5.48. The topological polar surface area (TPSA) is 64.9 Å². The summed E-state index contributed by atoms with van der Waals surface area (Å²) in [5.41, 5.74) is 13.1. The Hall–Kier alpha value is -2.30. The van der Waals surface area contributed by atoms with Gasteiger partial charge >= 0.3 is 0 Å². The second kappa shape index (κ2) is 5.83. The van der Waals surface area contributed by atoms with Crippen molar-refractivity contribution in [2.75, 3.05) is 0 Å². The Morgan fingerprint density at radius 2 is 1.86 bits per heavy atom. The fourth-order valence-corrected chi connectivity index (χ4v) is 2.91. The summed E-state index contributed by atoms with van der Waals surface area (Å²) in [7, 11) is 0. The maximum atomic E-state index is 14.4. The van der Waals surface area contributed by atoms with Crippen molar-refractivity contribution in [2.45, 2.75) is 17.5 Å². The number of rotatable bonds is 3. The van der Waals surface area contributed by atoms with Gasteiger partial charge in [0, 0.05) is 12.2 Å². The molecular formula is C18H18FN3. The molecule has 0 aliphatic heterocycles. The van der Waals surface area contributed by atoms with Crippen LogP contribution in [0.1, 0.15) is 17.2 Å². The van der Waals surface area contributed by atoms with Gasteiger partial charge in [-0.15, -0.1) is 0 Å². The molecule has 22 heavy (non-hydrogen) atoms. The molecule has 3 nitrogen and oxygen atoms in total. The molecule has 0 saturated heterocycles. The lowest BCUT2D eigenvalue weighted by atomic mass is 9.71. The Bertz CT molecular complexity index is 711. The molecule has 4 heteroatoms. The summed E-state index contributed by atoms with van der Waals surface area (Å²) in [6.45, 7) is 0. The fourth-order valence-electron chi connectivity index (χ4n) is 2.91. The van der Waals surface area contributed by atoms with Crippen molar-refractivity contribution in [1.29, 1.82) is 0 Å². The van der Waals surface area contributed by atoms with Crippen molar-refractivity contribution in [3.8, 4) is 0 Å². The summed E-state index contributed by atoms with van der Waals surface area (Å²) in [5.74, 6) is -0.845. The lowest BCUT2D eigenvalue weighted by molar-refractivity contribution is 0.402. The summed E-state index contributed by atoms with van der Waals surface area (Å²) >= 11 is 0. The number of hydrogen-bond donors (Lipinski definition) is 2. The summed E-state index contributed by atoms with van der Waals surface area (Å²) in [5, 5.41) is 0. The summed E-state index contributed by atoms with van der Waals surface area (Å²) in [6, 6.07) is 12.1. The molecule has 3 rings (SSSR count). The van der Waals surface area contributed by atoms with Gasteiger partial charge in [-0.1, -0.05) is 54.6 Å². The van der Waals surface area contributed by atoms with Crippen molar-refractivity contribution < 1.29 is 4.39 Å². The van der Waals surface area contributed by atoms with Crippen LogP contribution >= 0.6 is 0 Å². The number of hydrogen-bond acceptors (Lipinski definition) is 3. The van der Waals surface area contributed by atoms with Crippen LogP contribution in [0, 0.1) is 5.82 Å². The molecule has 1 aliphatic carbocycles. The zero-order chi connectivity index (χ0) is 15.6. The molecule has 2 aromatic rings. The van der Waals surface area contributed by atoms with E-state index in [0.717, 1.165) is 5.56 Å². The molecule has 1 aromatic carbocycles. The fraction of sp³-hybridized carbons (Fsp3) is 0.167. The Morgan fingerprint density at radius 3 is 2.55 bits per heavy atom. The van der Waals surface area contributed by atoms with E-state index < -0.39 is 17.5 Å². The first kappa shape index (κ1) is 14.6. The van der Waals surface area contributed by atoms with Gasteiger partial charge in [-0.25, -0.2) is 4.39 Å². The number of benzene rings is 1. The monoisotopic (exact) mass is 295 g/mol. The molecule has 1 aliphatic rings. The van der Waals surface area contributed by atoms with Crippen LogP contribution in [-0.4, -0.2) is 16.6 Å². The molecule has 1 aromatic heterocycles. The molecule has 0 spiro atoms. The van der Waals surface area contributed by atoms with Crippen LogP contribution in [0.15, 0.2) is 73.0 Å². The predicted molar refractivity (Wildman–Crippen MR) is 85.7 cm³/mol. The van der Waals surface area contributed by atoms with Crippen molar-refractivity contribution in [3.05, 3.63) is 90.0 Å². The minimum absolute atomic E-state index is 0.312. The summed E-state index contributed by atoms with van der Waals surface area (Å²) in [6.07, 6.45) is 8.94. The quantitative estimate of drug-likeness (QED) is 0.914. The number of pyridine rings is 1. The van der Waals surface area contributed by atoms with Gasteiger partial charge in [0.25, 0.3) is 0 Å². The average Bonchev–Trinajstić information content (AvgIpc) is 2.54. The number of aromatic nitrogens is 1. The van der Waals surface area contributed by atoms with Crippen molar-refractivity contribution in [3.63, 3.8) is 0 Å². The van der Waals surface area contributed by atoms with E-state index in [9.17, 15) is 4.39 Å². The standard InChI is InChI=1S/C18H18FN3/c19-14-9-6-12-22-17(14)16(13-7-2-1-3-8-13)18(21)11-5-4-10-15(18)20/h1-12,15-16H,20-21H2. The highest BCUT2D eigenvalue weighted by molar-refractivity contribution is 5.41. The van der Waals surface area contributed by atoms with E-state index in [4.69, 9.17) is 11.5 Å². The highest BCUT2D eigenvalue weighted by atomic mass is 19.1. The lowest BCUT2D eigenvalue weighted by Gasteiger charge is -2.40. The van der Waals surface area contributed by atoms with Gasteiger partial charge in [0.15, 0.2) is 0 Å². The van der Waals surface area contributed by atoms with E-state index in [2.05, 4.69) is 4.98 Å². The number of nitrogens with two attached hydrogens (primary N) is 2. The molecule has 0 fully saturated rings. The maximum absolute atomic E-state index is 14.4. The molecule has 3 unspecified atom stereocenters. The summed E-state index contributed by atoms with van der Waals surface area (Å²) < 4.78 is 14.4. The highest BCUT2D eigenvalue weighted by Crippen LogP contribution is 2.37. The van der Waals surface area contributed by atoms with Crippen molar-refractivity contribution >= 4 is 0 Å². The Kier molecular flexibility index (Phi) is 3.88. The van der Waals surface area contributed by atoms with Crippen LogP contribution in [-0.2, 0) is 0 Å². The van der Waals surface area contributed by atoms with E-state index in [-0.39, 0.29) is 5.82 Å². The van der Waals surface area contributed by atoms with E-state index >= 15 is 0 Å². The normalized spacial score (nSPS) is 25.1. The first-order chi connectivity index (χ1) is 10.6. The molecule has 0 amide bonds. The van der Waals surface area contributed by atoms with Gasteiger partial charge in [0.1, 0.15) is 5.82 Å². The summed E-state index contributed by atoms with van der Waals surface area (Å²) in [4.78, 5) is 4.24. The van der Waals surface area contributed by atoms with Gasteiger partial charge < -0.3 is 11.5 Å². The van der Waals surface area contributed by atoms with Gasteiger partial charge in [0.2, 0.25) is 0 Å². The van der Waals surface area contributed by atoms with Gasteiger partial charge in [-0.2, -0.15) is 0 Å². The third kappa shape index (κ3) is 2.47. The molecule has 4 N–H and O–H groups in total. The molecular weight excluding hydrogens is 277 g/mol. The average molecular weight is 295 g/mol. The molecule has 3 atom stereocenters. The number of allylic oxidation sites excluding steroid dienone is 2. The number of nitrogens with zero attached hydrogens (tertiary/aromatic N) is 1. The molecule has 0 saturated carbocycles. The molecule has 0 bridgehead atoms. The molecule has 1 heterocycles. The highest BCUT2D eigenvalue weighted by Gasteiger charge is 2.42. The Morgan fingerprint density at radius 1 is 1.09 bits per heavy atom. The second-order valence-corrected chi connectivity index (χ2v) is 5.48. The Balaban J connectivity index is 2.19. The SMILES string of the molecule is NC1C=CC=CC1(N)C(c1ccccc1)c1ncccc1F. The van der Waals surface area contributed by atoms with Gasteiger partial charge in [-0.3, -0.25) is 4.98 Å². The largest absolute Gasteiger partial charge is 0.323 e. The van der Waals surface area contributed by atoms with Crippen LogP contribution in [0.25, 0.3) is 0 Å². The zero-order valence-electron chi connectivity index (χ0n) is 12.1. The maximum Gasteiger partial charge on any atom is 0.145 e. The van der Waals surface area contributed by atoms with E-state index in [0.29, 0.717) is 5.69 Å². The van der Waals surface area contributed by atoms with Crippen LogP contribution in [0.4, 0.5) is 4.39 Å². The molecule has 0 radical (unpaired) electrons. The molecule has 112 valence electrons. The third-order valence-electron chi connectivity index (χ3n) is 4.09. The third-order valence-corrected chi connectivity index (χ3v) is 4.09. The Labute approximate surface area is 129 Å². The van der Waals surface area contributed by atoms with E-state index in [1.165, 1.54) is 6.07 Å². The van der Waals surface area contributed by atoms with Gasteiger partial charge in [0.05, 0.1) is 17.2 Å². The van der Waals surface area contributed by atoms with Gasteiger partial charge in [-0.05, 0) is 17.7 Å². The van der Waals surface area contributed by atoms with Crippen molar-refractivity contribution in [1.82, 2.24) is 4.98 Å². The van der Waals surface area contributed by atoms with E-state index in [1.54, 1.807) is 12.3 Å². The van der Waals surface area contributed by atoms with Crippen molar-refractivity contribution in [2.24, 2.45) is 11.5 Å². The van der Waals surface area contributed by atoms with Crippen LogP contribution in [0.2, 0.25) is 0 Å².